The summed E-state index contributed by atoms with van der Waals surface area (Å²) < 4.78 is 3.08. The number of nitrogens with one attached hydrogen (secondary N) is 1. The quantitative estimate of drug-likeness (QED) is 0.765. The number of aliphatic carboxylic acids is 1. The van der Waals surface area contributed by atoms with Gasteiger partial charge < -0.3 is 21.0 Å². The van der Waals surface area contributed by atoms with Gasteiger partial charge in [0.05, 0.1) is 0 Å². The van der Waals surface area contributed by atoms with Crippen molar-refractivity contribution in [2.75, 3.05) is 13.1 Å². The Hall–Kier alpha value is -1.86. The molecule has 0 radical (unpaired) electrons. The minimum atomic E-state index is -1.16. The van der Waals surface area contributed by atoms with Crippen LogP contribution >= 0.6 is 0 Å². The van der Waals surface area contributed by atoms with Gasteiger partial charge in [-0.05, 0) is 6.54 Å². The first-order valence-electron chi connectivity index (χ1n) is 6.55. The molecule has 0 saturated carbocycles. The maximum atomic E-state index is 10.1. The predicted octanol–water partition coefficient (Wildman–Crippen LogP) is 1.37. The normalized spacial score (nSPS) is 8.95. The van der Waals surface area contributed by atoms with Crippen molar-refractivity contribution in [2.24, 2.45) is 0 Å². The summed E-state index contributed by atoms with van der Waals surface area (Å²) in [5.41, 5.74) is 6.42. The number of carbonyl (C=O) groups excluding carboxylic acids is 1. The molecule has 0 aliphatic heterocycles. The molecule has 22 heavy (non-hydrogen) atoms. The van der Waals surface area contributed by atoms with E-state index in [1.807, 2.05) is 0 Å². The summed E-state index contributed by atoms with van der Waals surface area (Å²) in [7, 11) is 0. The van der Waals surface area contributed by atoms with E-state index in [4.69, 9.17) is 10.8 Å². The number of benzene rings is 2. The number of nitrogens with zero attached hydrogens (tertiary/aromatic N) is 1. The molecule has 2 rings (SSSR count). The number of hydrogen-bond donors (Lipinski definition) is 1. The Morgan fingerprint density at radius 1 is 0.955 bits per heavy atom. The first-order chi connectivity index (χ1) is 10.6. The van der Waals surface area contributed by atoms with Crippen molar-refractivity contribution in [3.8, 4) is 0 Å². The number of carbonyl (C=O) groups is 2. The monoisotopic (exact) mass is 404 g/mol. The summed E-state index contributed by atoms with van der Waals surface area (Å²) in [5, 5.41) is 11.0. The molecule has 0 saturated heterocycles. The molecular weight excluding hydrogens is 387 g/mol. The van der Waals surface area contributed by atoms with Gasteiger partial charge in [-0.2, -0.15) is 0 Å². The van der Waals surface area contributed by atoms with E-state index in [0.29, 0.717) is 0 Å². The van der Waals surface area contributed by atoms with Gasteiger partial charge in [0.25, 0.3) is 5.97 Å². The molecule has 0 heterocycles. The van der Waals surface area contributed by atoms with Gasteiger partial charge in [-0.25, -0.2) is 0 Å². The van der Waals surface area contributed by atoms with E-state index in [0.717, 1.165) is 0 Å². The van der Waals surface area contributed by atoms with Crippen LogP contribution in [0.2, 0.25) is 0 Å². The van der Waals surface area contributed by atoms with Gasteiger partial charge >= 0.3 is 89.0 Å². The number of carboxylic acids is 1. The van der Waals surface area contributed by atoms with Crippen LogP contribution in [0.5, 0.6) is 0 Å². The van der Waals surface area contributed by atoms with Crippen molar-refractivity contribution >= 4 is 40.2 Å². The van der Waals surface area contributed by atoms with Gasteiger partial charge in [0.2, 0.25) is 0 Å². The molecule has 112 valence electrons. The third-order valence-electron chi connectivity index (χ3n) is 2.38. The Kier molecular flexibility index (Phi) is 8.93. The van der Waals surface area contributed by atoms with E-state index >= 15 is 0 Å². The second-order valence-corrected chi connectivity index (χ2v) is 8.15. The van der Waals surface area contributed by atoms with Crippen molar-refractivity contribution in [1.29, 1.82) is 0 Å². The fourth-order valence-corrected chi connectivity index (χ4v) is 4.42. The molecule has 0 aromatic heterocycles. The Bertz CT molecular complexity index is 539. The number of rotatable bonds is 5. The summed E-state index contributed by atoms with van der Waals surface area (Å²) >= 11 is -0.517. The average Bonchev–Trinajstić information content (AvgIpc) is 2.55. The van der Waals surface area contributed by atoms with Crippen LogP contribution in [-0.2, 0) is 9.59 Å². The van der Waals surface area contributed by atoms with Crippen molar-refractivity contribution < 1.29 is 14.7 Å². The van der Waals surface area contributed by atoms with Crippen LogP contribution in [0.3, 0.4) is 0 Å². The van der Waals surface area contributed by atoms with Gasteiger partial charge in [-0.3, -0.25) is 4.79 Å². The van der Waals surface area contributed by atoms with Crippen LogP contribution in [0, 0.1) is 0 Å². The molecule has 0 fully saturated rings. The predicted molar refractivity (Wildman–Crippen MR) is 88.0 cm³/mol. The molecule has 6 heteroatoms. The van der Waals surface area contributed by atoms with Crippen LogP contribution in [0.15, 0.2) is 60.7 Å². The van der Waals surface area contributed by atoms with Gasteiger partial charge in [0, 0.05) is 5.91 Å². The third kappa shape index (κ3) is 8.43. The maximum absolute atomic E-state index is 10.1. The fourth-order valence-electron chi connectivity index (χ4n) is 1.42. The second-order valence-electron chi connectivity index (χ2n) is 4.14. The van der Waals surface area contributed by atoms with Crippen molar-refractivity contribution in [2.45, 2.75) is 0 Å². The van der Waals surface area contributed by atoms with Crippen LogP contribution in [0.4, 0.5) is 0 Å². The molecule has 0 spiro atoms. The molecule has 0 aliphatic carbocycles. The summed E-state index contributed by atoms with van der Waals surface area (Å²) in [4.78, 5) is 19.8. The second kappa shape index (κ2) is 10.8. The molecule has 0 unspecified atom stereocenters. The van der Waals surface area contributed by atoms with E-state index in [-0.39, 0.29) is 0 Å². The summed E-state index contributed by atoms with van der Waals surface area (Å²) in [6, 6.07) is 21.6. The van der Waals surface area contributed by atoms with Gasteiger partial charge in [-0.15, -0.1) is 6.54 Å². The van der Waals surface area contributed by atoms with E-state index in [1.54, 1.807) is 0 Å². The molecule has 1 amide bonds. The number of hydrogen-bond acceptors (Lipinski definition) is 2. The molecule has 2 aromatic rings. The van der Waals surface area contributed by atoms with E-state index < -0.39 is 46.1 Å². The summed E-state index contributed by atoms with van der Waals surface area (Å²) in [6.45, 7) is -1.01. The van der Waals surface area contributed by atoms with Crippen LogP contribution in [0.1, 0.15) is 0 Å². The zero-order valence-corrected chi connectivity index (χ0v) is 14.8. The zero-order chi connectivity index (χ0) is 16.2. The molecule has 2 N–H and O–H groups in total. The van der Waals surface area contributed by atoms with Crippen LogP contribution in [0.25, 0.3) is 11.1 Å². The van der Waals surface area contributed by atoms with E-state index in [9.17, 15) is 9.59 Å². The molecule has 5 nitrogen and oxygen atoms in total. The molecule has 0 bridgehead atoms. The Morgan fingerprint density at radius 2 is 1.41 bits per heavy atom. The van der Waals surface area contributed by atoms with Gasteiger partial charge in [-0.1, -0.05) is 0 Å². The fraction of sp³-hybridized carbons (Fsp3) is 0.125. The first-order valence-corrected chi connectivity index (χ1v) is 9.41. The third-order valence-corrected chi connectivity index (χ3v) is 5.93. The number of amides is 1. The molecule has 0 atom stereocenters. The Labute approximate surface area is 139 Å². The van der Waals surface area contributed by atoms with Crippen molar-refractivity contribution in [1.82, 2.24) is 0 Å². The number of carboxylic acid groups (broad SMARTS) is 1. The summed E-state index contributed by atoms with van der Waals surface area (Å²) in [5.74, 6) is -1.85. The SMILES string of the molecule is [NH-]CC(=O)[N-]CC(=O)O.c1cc[c]([Sn+2][c]2ccccc2)cc1. The van der Waals surface area contributed by atoms with Crippen LogP contribution < -0.4 is 7.16 Å². The van der Waals surface area contributed by atoms with Crippen LogP contribution in [-0.4, -0.2) is 51.2 Å². The Balaban J connectivity index is 0.000000239. The minimum absolute atomic E-state index is 0.479. The average molecular weight is 403 g/mol. The molecule has 2 aromatic carbocycles. The summed E-state index contributed by atoms with van der Waals surface area (Å²) in [6.07, 6.45) is 0. The van der Waals surface area contributed by atoms with E-state index in [2.05, 4.69) is 66.0 Å². The van der Waals surface area contributed by atoms with E-state index in [1.165, 1.54) is 7.16 Å². The van der Waals surface area contributed by atoms with Crippen molar-refractivity contribution in [3.05, 3.63) is 71.7 Å². The zero-order valence-electron chi connectivity index (χ0n) is 11.9. The van der Waals surface area contributed by atoms with Crippen molar-refractivity contribution in [3.63, 3.8) is 0 Å². The Morgan fingerprint density at radius 3 is 1.77 bits per heavy atom. The molecular formula is C16H16N2O3Sn. The standard InChI is InChI=1S/2C6H5.C4H7N2O3.Sn/c2*1-2-4-6-5-3-1;5-1-3(7)6-2-4(8)9;/h2*1-5H;5H,1-2H2,(H2,6,7,8,9);/q;;-1;+2/p-1. The molecule has 0 aliphatic rings. The van der Waals surface area contributed by atoms with Gasteiger partial charge in [0.1, 0.15) is 0 Å². The topological polar surface area (TPSA) is 92.3 Å². The van der Waals surface area contributed by atoms with Gasteiger partial charge in [0.15, 0.2) is 0 Å². The first kappa shape index (κ1) is 18.2.